The van der Waals surface area contributed by atoms with Gasteiger partial charge < -0.3 is 14.7 Å². The van der Waals surface area contributed by atoms with Crippen molar-refractivity contribution in [1.82, 2.24) is 4.90 Å². The third-order valence-corrected chi connectivity index (χ3v) is 4.13. The molecule has 1 N–H and O–H groups in total. The number of nitrogens with zero attached hydrogens (tertiary/aromatic N) is 1. The molecule has 0 aliphatic carbocycles. The Morgan fingerprint density at radius 1 is 1.48 bits per heavy atom. The summed E-state index contributed by atoms with van der Waals surface area (Å²) in [6.45, 7) is 0.716. The number of carbonyl (C=O) groups is 2. The number of piperidine rings is 1. The Hall–Kier alpha value is -1.59. The third-order valence-electron chi connectivity index (χ3n) is 3.78. The maximum Gasteiger partial charge on any atom is 0.308 e. The molecule has 0 bridgehead atoms. The largest absolute Gasteiger partial charge is 0.481 e. The molecule has 5 nitrogen and oxygen atoms in total. The van der Waals surface area contributed by atoms with Crippen molar-refractivity contribution in [3.8, 4) is 0 Å². The summed E-state index contributed by atoms with van der Waals surface area (Å²) in [6, 6.07) is 6.53. The van der Waals surface area contributed by atoms with Crippen LogP contribution in [0, 0.1) is 5.92 Å². The summed E-state index contributed by atoms with van der Waals surface area (Å²) in [5, 5.41) is 9.96. The molecular weight excluding hydrogens is 294 g/mol. The van der Waals surface area contributed by atoms with Gasteiger partial charge in [-0.1, -0.05) is 29.8 Å². The molecular formula is C15H18ClNO4. The van der Waals surface area contributed by atoms with Gasteiger partial charge in [-0.2, -0.15) is 0 Å². The average Bonchev–Trinajstić information content (AvgIpc) is 2.46. The van der Waals surface area contributed by atoms with Crippen molar-refractivity contribution in [2.24, 2.45) is 5.92 Å². The number of likely N-dealkylation sites (tertiary alicyclic amines) is 1. The van der Waals surface area contributed by atoms with Gasteiger partial charge in [-0.3, -0.25) is 9.59 Å². The number of amides is 1. The quantitative estimate of drug-likeness (QED) is 0.906. The van der Waals surface area contributed by atoms with E-state index in [1.165, 1.54) is 0 Å². The number of aliphatic carboxylic acids is 1. The lowest BCUT2D eigenvalue weighted by molar-refractivity contribution is -0.152. The zero-order chi connectivity index (χ0) is 15.4. The molecule has 1 amide bonds. The maximum atomic E-state index is 12.2. The van der Waals surface area contributed by atoms with E-state index in [0.717, 1.165) is 0 Å². The molecule has 0 aromatic heterocycles. The van der Waals surface area contributed by atoms with Crippen LogP contribution in [-0.4, -0.2) is 42.1 Å². The minimum Gasteiger partial charge on any atom is -0.481 e. The maximum absolute atomic E-state index is 12.2. The third kappa shape index (κ3) is 3.36. The highest BCUT2D eigenvalue weighted by Crippen LogP contribution is 2.39. The highest BCUT2D eigenvalue weighted by molar-refractivity contribution is 6.31. The normalized spacial score (nSPS) is 22.4. The summed E-state index contributed by atoms with van der Waals surface area (Å²) in [6.07, 6.45) is 0.565. The van der Waals surface area contributed by atoms with Gasteiger partial charge in [-0.05, 0) is 18.1 Å². The Balaban J connectivity index is 2.41. The van der Waals surface area contributed by atoms with Crippen LogP contribution in [0.1, 0.15) is 24.4 Å². The van der Waals surface area contributed by atoms with E-state index in [0.29, 0.717) is 30.2 Å². The molecule has 2 atom stereocenters. The van der Waals surface area contributed by atoms with Gasteiger partial charge in [0.2, 0.25) is 5.91 Å². The second kappa shape index (κ2) is 6.91. The molecule has 0 unspecified atom stereocenters. The summed E-state index contributed by atoms with van der Waals surface area (Å²) in [4.78, 5) is 25.3. The van der Waals surface area contributed by atoms with E-state index in [9.17, 15) is 14.7 Å². The monoisotopic (exact) mass is 311 g/mol. The lowest BCUT2D eigenvalue weighted by atomic mass is 9.84. The molecule has 1 heterocycles. The van der Waals surface area contributed by atoms with E-state index in [1.807, 2.05) is 0 Å². The fourth-order valence-corrected chi connectivity index (χ4v) is 3.01. The van der Waals surface area contributed by atoms with Crippen LogP contribution in [0.4, 0.5) is 0 Å². The molecule has 2 rings (SSSR count). The van der Waals surface area contributed by atoms with Crippen LogP contribution >= 0.6 is 11.6 Å². The number of hydrogen-bond donors (Lipinski definition) is 1. The zero-order valence-electron chi connectivity index (χ0n) is 11.8. The van der Waals surface area contributed by atoms with Gasteiger partial charge in [0.05, 0.1) is 18.6 Å². The smallest absolute Gasteiger partial charge is 0.308 e. The fraction of sp³-hybridized carbons (Fsp3) is 0.467. The number of hydrogen-bond acceptors (Lipinski definition) is 3. The van der Waals surface area contributed by atoms with Gasteiger partial charge in [-0.25, -0.2) is 0 Å². The van der Waals surface area contributed by atoms with E-state index in [2.05, 4.69) is 0 Å². The summed E-state index contributed by atoms with van der Waals surface area (Å²) in [5.41, 5.74) is 0.677. The van der Waals surface area contributed by atoms with E-state index in [-0.39, 0.29) is 12.3 Å². The van der Waals surface area contributed by atoms with Crippen molar-refractivity contribution in [3.05, 3.63) is 34.9 Å². The second-order valence-electron chi connectivity index (χ2n) is 5.03. The van der Waals surface area contributed by atoms with Crippen LogP contribution in [0.3, 0.4) is 0 Å². The lowest BCUT2D eigenvalue weighted by Crippen LogP contribution is -2.46. The Morgan fingerprint density at radius 3 is 2.81 bits per heavy atom. The molecule has 114 valence electrons. The van der Waals surface area contributed by atoms with Crippen LogP contribution in [0.15, 0.2) is 24.3 Å². The number of rotatable bonds is 5. The second-order valence-corrected chi connectivity index (χ2v) is 5.44. The molecule has 1 aromatic rings. The number of methoxy groups -OCH3 is 1. The molecule has 1 fully saturated rings. The molecule has 21 heavy (non-hydrogen) atoms. The number of benzene rings is 1. The number of ether oxygens (including phenoxy) is 1. The van der Waals surface area contributed by atoms with Crippen LogP contribution in [0.25, 0.3) is 0 Å². The van der Waals surface area contributed by atoms with Gasteiger partial charge >= 0.3 is 5.97 Å². The number of carboxylic acid groups (broad SMARTS) is 1. The van der Waals surface area contributed by atoms with Gasteiger partial charge in [0.25, 0.3) is 0 Å². The minimum absolute atomic E-state index is 0.0607. The first kappa shape index (κ1) is 15.8. The van der Waals surface area contributed by atoms with E-state index in [1.54, 1.807) is 36.3 Å². The first-order valence-corrected chi connectivity index (χ1v) is 7.19. The highest BCUT2D eigenvalue weighted by Gasteiger charge is 2.41. The summed E-state index contributed by atoms with van der Waals surface area (Å²) < 4.78 is 5.03. The standard InChI is InChI=1S/C15H18ClNO4/c1-21-9-8-17-13(18)7-6-11(15(19)20)14(17)10-4-2-3-5-12(10)16/h2-5,11,14H,6-9H2,1H3,(H,19,20)/t11-,14-/m1/s1. The van der Waals surface area contributed by atoms with E-state index in [4.69, 9.17) is 16.3 Å². The van der Waals surface area contributed by atoms with Crippen molar-refractivity contribution in [2.75, 3.05) is 20.3 Å². The zero-order valence-corrected chi connectivity index (χ0v) is 12.5. The topological polar surface area (TPSA) is 66.8 Å². The lowest BCUT2D eigenvalue weighted by Gasteiger charge is -2.40. The average molecular weight is 312 g/mol. The predicted molar refractivity (Wildman–Crippen MR) is 78.1 cm³/mol. The molecule has 1 aliphatic rings. The Kier molecular flexibility index (Phi) is 5.20. The molecule has 1 aliphatic heterocycles. The van der Waals surface area contributed by atoms with E-state index < -0.39 is 17.9 Å². The summed E-state index contributed by atoms with van der Waals surface area (Å²) in [5.74, 6) is -1.62. The van der Waals surface area contributed by atoms with Crippen molar-refractivity contribution < 1.29 is 19.4 Å². The highest BCUT2D eigenvalue weighted by atomic mass is 35.5. The van der Waals surface area contributed by atoms with Crippen molar-refractivity contribution in [2.45, 2.75) is 18.9 Å². The minimum atomic E-state index is -0.908. The SMILES string of the molecule is COCCN1C(=O)CC[C@@H](C(=O)O)[C@H]1c1ccccc1Cl. The van der Waals surface area contributed by atoms with Gasteiger partial charge in [0, 0.05) is 25.1 Å². The fourth-order valence-electron chi connectivity index (χ4n) is 2.76. The van der Waals surface area contributed by atoms with Crippen LogP contribution in [-0.2, 0) is 14.3 Å². The first-order valence-electron chi connectivity index (χ1n) is 6.82. The molecule has 1 saturated heterocycles. The number of carbonyl (C=O) groups excluding carboxylic acids is 1. The molecule has 1 aromatic carbocycles. The van der Waals surface area contributed by atoms with Gasteiger partial charge in [0.15, 0.2) is 0 Å². The molecule has 6 heteroatoms. The van der Waals surface area contributed by atoms with Gasteiger partial charge in [0.1, 0.15) is 0 Å². The molecule has 0 saturated carbocycles. The summed E-state index contributed by atoms with van der Waals surface area (Å²) >= 11 is 6.21. The van der Waals surface area contributed by atoms with Crippen LogP contribution in [0.5, 0.6) is 0 Å². The van der Waals surface area contributed by atoms with Gasteiger partial charge in [-0.15, -0.1) is 0 Å². The number of carboxylic acids is 1. The predicted octanol–water partition coefficient (Wildman–Crippen LogP) is 2.35. The summed E-state index contributed by atoms with van der Waals surface area (Å²) in [7, 11) is 1.55. The van der Waals surface area contributed by atoms with Crippen LogP contribution in [0.2, 0.25) is 5.02 Å². The van der Waals surface area contributed by atoms with E-state index >= 15 is 0 Å². The first-order chi connectivity index (χ1) is 10.1. The van der Waals surface area contributed by atoms with Crippen molar-refractivity contribution >= 4 is 23.5 Å². The van der Waals surface area contributed by atoms with Crippen molar-refractivity contribution in [1.29, 1.82) is 0 Å². The Labute approximate surface area is 128 Å². The number of halogens is 1. The van der Waals surface area contributed by atoms with Crippen molar-refractivity contribution in [3.63, 3.8) is 0 Å². The molecule has 0 spiro atoms. The Bertz CT molecular complexity index is 534. The van der Waals surface area contributed by atoms with Crippen LogP contribution < -0.4 is 0 Å². The Morgan fingerprint density at radius 2 is 2.19 bits per heavy atom. The molecule has 0 radical (unpaired) electrons.